The van der Waals surface area contributed by atoms with Crippen LogP contribution >= 0.6 is 0 Å². The van der Waals surface area contributed by atoms with E-state index in [1.807, 2.05) is 0 Å². The molecule has 27 heavy (non-hydrogen) atoms. The second-order valence-corrected chi connectivity index (χ2v) is 21.7. The van der Waals surface area contributed by atoms with Gasteiger partial charge in [0, 0.05) is 0 Å². The normalized spacial score (nSPS) is 36.7. The van der Waals surface area contributed by atoms with Crippen LogP contribution in [0.4, 0.5) is 0 Å². The van der Waals surface area contributed by atoms with E-state index in [1.165, 1.54) is 0 Å². The van der Waals surface area contributed by atoms with E-state index in [0.29, 0.717) is 5.54 Å². The summed E-state index contributed by atoms with van der Waals surface area (Å²) in [6.45, 7) is 20.5. The fourth-order valence-electron chi connectivity index (χ4n) is 3.18. The van der Waals surface area contributed by atoms with Gasteiger partial charge < -0.3 is 21.2 Å². The minimum absolute atomic E-state index is 0.252. The zero-order valence-electron chi connectivity index (χ0n) is 18.4. The average Bonchev–Trinajstić information content (AvgIpc) is 2.69. The van der Waals surface area contributed by atoms with Gasteiger partial charge in [-0.15, -0.1) is 0 Å². The minimum atomic E-state index is -2.19. The second kappa shape index (κ2) is 9.11. The summed E-state index contributed by atoms with van der Waals surface area (Å²) in [4.78, 5) is 21.1. The van der Waals surface area contributed by atoms with Crippen molar-refractivity contribution in [1.82, 2.24) is 0 Å². The molecule has 0 bridgehead atoms. The average molecular weight is 453 g/mol. The fourth-order valence-corrected chi connectivity index (χ4v) is 22.6. The van der Waals surface area contributed by atoms with E-state index in [2.05, 4.69) is 57.9 Å². The van der Waals surface area contributed by atoms with Gasteiger partial charge in [-0.2, -0.15) is 0 Å². The van der Waals surface area contributed by atoms with E-state index >= 15 is 0 Å². The largest absolute Gasteiger partial charge is 0.418 e. The predicted octanol–water partition coefficient (Wildman–Crippen LogP) is 3.53. The first kappa shape index (κ1) is 24.9. The summed E-state index contributed by atoms with van der Waals surface area (Å²) >= 11 is 0. The molecule has 5 unspecified atom stereocenters. The van der Waals surface area contributed by atoms with Gasteiger partial charge in [0.25, 0.3) is 0 Å². The molecule has 7 nitrogen and oxygen atoms in total. The SMILES string of the molecule is CC1C(=O)OC(=O)C1C.CCC(C)[Si]1(C)O[SiH](C)O[Si](C)(C)O[Si](C)(C)O1. The van der Waals surface area contributed by atoms with Crippen molar-refractivity contribution in [3.05, 3.63) is 0 Å². The molecule has 0 aromatic rings. The lowest BCUT2D eigenvalue weighted by molar-refractivity contribution is -0.153. The number of rotatable bonds is 2. The van der Waals surface area contributed by atoms with Crippen molar-refractivity contribution in [3.63, 3.8) is 0 Å². The molecule has 0 amide bonds. The van der Waals surface area contributed by atoms with E-state index < -0.39 is 46.9 Å². The third-order valence-electron chi connectivity index (χ3n) is 4.99. The topological polar surface area (TPSA) is 80.3 Å². The van der Waals surface area contributed by atoms with Crippen LogP contribution in [-0.4, -0.2) is 46.9 Å². The molecule has 0 N–H and O–H groups in total. The Morgan fingerprint density at radius 3 is 1.78 bits per heavy atom. The van der Waals surface area contributed by atoms with Crippen molar-refractivity contribution in [3.8, 4) is 0 Å². The van der Waals surface area contributed by atoms with Crippen molar-refractivity contribution in [2.75, 3.05) is 0 Å². The molecule has 0 aromatic heterocycles. The predicted molar refractivity (Wildman–Crippen MR) is 113 cm³/mol. The number of cyclic esters (lactones) is 2. The summed E-state index contributed by atoms with van der Waals surface area (Å²) in [7, 11) is -8.08. The van der Waals surface area contributed by atoms with Gasteiger partial charge in [0.1, 0.15) is 0 Å². The number of carbonyl (C=O) groups is 2. The monoisotopic (exact) mass is 452 g/mol. The number of hydrogen-bond donors (Lipinski definition) is 0. The van der Waals surface area contributed by atoms with Crippen LogP contribution in [-0.2, 0) is 30.8 Å². The van der Waals surface area contributed by atoms with Crippen molar-refractivity contribution in [1.29, 1.82) is 0 Å². The van der Waals surface area contributed by atoms with Gasteiger partial charge in [-0.3, -0.25) is 9.59 Å². The lowest BCUT2D eigenvalue weighted by Gasteiger charge is -2.46. The second-order valence-electron chi connectivity index (χ2n) is 8.45. The van der Waals surface area contributed by atoms with Crippen LogP contribution in [0, 0.1) is 11.8 Å². The zero-order chi connectivity index (χ0) is 21.2. The fraction of sp³-hybridized carbons (Fsp3) is 0.875. The first-order valence-corrected chi connectivity index (χ1v) is 19.8. The Balaban J connectivity index is 0.000000337. The van der Waals surface area contributed by atoms with E-state index in [0.717, 1.165) is 6.42 Å². The summed E-state index contributed by atoms with van der Waals surface area (Å²) in [5, 5.41) is 0. The summed E-state index contributed by atoms with van der Waals surface area (Å²) in [6, 6.07) is 0. The number of ether oxygens (including phenoxy) is 1. The number of esters is 2. The van der Waals surface area contributed by atoms with Gasteiger partial charge in [-0.25, -0.2) is 0 Å². The molecule has 158 valence electrons. The van der Waals surface area contributed by atoms with E-state index in [9.17, 15) is 9.59 Å². The van der Waals surface area contributed by atoms with Crippen molar-refractivity contribution >= 4 is 46.9 Å². The van der Waals surface area contributed by atoms with Gasteiger partial charge in [0.05, 0.1) is 11.8 Å². The standard InChI is InChI=1S/C10H28O4Si4.C6H8O3/c1-9-10(2)18(8)12-15(3)11-16(4,5)13-17(6,7)14-18;1-3-4(2)6(8)9-5(3)7/h10,15H,9H2,1-8H3;3-4H,1-2H3. The first-order chi connectivity index (χ1) is 12.1. The third kappa shape index (κ3) is 6.99. The van der Waals surface area contributed by atoms with Crippen LogP contribution in [0.1, 0.15) is 34.1 Å². The van der Waals surface area contributed by atoms with Crippen molar-refractivity contribution in [2.24, 2.45) is 11.8 Å². The van der Waals surface area contributed by atoms with Crippen LogP contribution in [0.15, 0.2) is 0 Å². The first-order valence-electron chi connectivity index (χ1n) is 9.64. The Bertz CT molecular complexity index is 539. The number of carbonyl (C=O) groups excluding carboxylic acids is 2. The maximum atomic E-state index is 10.6. The van der Waals surface area contributed by atoms with E-state index in [1.54, 1.807) is 13.8 Å². The Kier molecular flexibility index (Phi) is 8.40. The van der Waals surface area contributed by atoms with Crippen molar-refractivity contribution < 1.29 is 30.8 Å². The molecule has 2 heterocycles. The van der Waals surface area contributed by atoms with Gasteiger partial charge in [-0.05, 0) is 44.8 Å². The third-order valence-corrected chi connectivity index (χ3v) is 21.5. The Morgan fingerprint density at radius 2 is 1.41 bits per heavy atom. The molecule has 2 aliphatic heterocycles. The summed E-state index contributed by atoms with van der Waals surface area (Å²) < 4.78 is 29.5. The van der Waals surface area contributed by atoms with Crippen LogP contribution in [0.2, 0.25) is 44.8 Å². The lowest BCUT2D eigenvalue weighted by Crippen LogP contribution is -2.62. The highest BCUT2D eigenvalue weighted by atomic mass is 28.5. The lowest BCUT2D eigenvalue weighted by atomic mass is 10.00. The molecule has 2 saturated heterocycles. The van der Waals surface area contributed by atoms with Gasteiger partial charge in [0.2, 0.25) is 0 Å². The molecule has 0 spiro atoms. The molecule has 11 heteroatoms. The molecule has 2 fully saturated rings. The van der Waals surface area contributed by atoms with Crippen LogP contribution in [0.5, 0.6) is 0 Å². The highest BCUT2D eigenvalue weighted by Gasteiger charge is 2.50. The molecule has 2 rings (SSSR count). The molecule has 0 saturated carbocycles. The van der Waals surface area contributed by atoms with E-state index in [4.69, 9.17) is 16.5 Å². The van der Waals surface area contributed by atoms with Gasteiger partial charge in [-0.1, -0.05) is 34.1 Å². The highest BCUT2D eigenvalue weighted by molar-refractivity contribution is 6.90. The van der Waals surface area contributed by atoms with E-state index in [-0.39, 0.29) is 11.8 Å². The van der Waals surface area contributed by atoms with Gasteiger partial charge >= 0.3 is 46.9 Å². The molecule has 5 atom stereocenters. The molecule has 0 aromatic carbocycles. The molecule has 0 aliphatic carbocycles. The quantitative estimate of drug-likeness (QED) is 0.360. The summed E-state index contributed by atoms with van der Waals surface area (Å²) in [5.74, 6) is -1.30. The molecule has 0 radical (unpaired) electrons. The Hall–Kier alpha value is -0.152. The molecule has 2 aliphatic rings. The molecular formula is C16H36O7Si4. The Morgan fingerprint density at radius 1 is 0.926 bits per heavy atom. The Labute approximate surface area is 168 Å². The summed E-state index contributed by atoms with van der Waals surface area (Å²) in [6.07, 6.45) is 1.08. The maximum Gasteiger partial charge on any atom is 0.320 e. The molecular weight excluding hydrogens is 417 g/mol. The van der Waals surface area contributed by atoms with Crippen LogP contribution < -0.4 is 0 Å². The minimum Gasteiger partial charge on any atom is -0.418 e. The van der Waals surface area contributed by atoms with Crippen LogP contribution in [0.25, 0.3) is 0 Å². The smallest absolute Gasteiger partial charge is 0.320 e. The highest BCUT2D eigenvalue weighted by Crippen LogP contribution is 2.34. The maximum absolute atomic E-state index is 10.6. The number of hydrogen-bond acceptors (Lipinski definition) is 7. The summed E-state index contributed by atoms with van der Waals surface area (Å²) in [5.41, 5.74) is 0.467. The van der Waals surface area contributed by atoms with Crippen molar-refractivity contribution in [2.45, 2.75) is 78.9 Å². The van der Waals surface area contributed by atoms with Gasteiger partial charge in [0.15, 0.2) is 0 Å². The van der Waals surface area contributed by atoms with Crippen LogP contribution in [0.3, 0.4) is 0 Å². The zero-order valence-corrected chi connectivity index (χ0v) is 22.5.